The average Bonchev–Trinajstić information content (AvgIpc) is 2.56. The number of nitrogens with zero attached hydrogens (tertiary/aromatic N) is 2. The van der Waals surface area contributed by atoms with Crippen molar-refractivity contribution in [2.75, 3.05) is 52.4 Å². The van der Waals surface area contributed by atoms with Gasteiger partial charge in [0, 0.05) is 39.3 Å². The van der Waals surface area contributed by atoms with E-state index in [0.717, 1.165) is 39.1 Å². The molecule has 1 aliphatic heterocycles. The SMILES string of the molecule is CC(C)(C)c1ccc(CCNC(=O)CN2CCN(CCO)CC2)cc1. The second-order valence-electron chi connectivity index (χ2n) is 7.89. The summed E-state index contributed by atoms with van der Waals surface area (Å²) in [6.07, 6.45) is 0.862. The summed E-state index contributed by atoms with van der Waals surface area (Å²) in [6, 6.07) is 8.69. The van der Waals surface area contributed by atoms with E-state index >= 15 is 0 Å². The molecule has 5 nitrogen and oxygen atoms in total. The number of rotatable bonds is 7. The highest BCUT2D eigenvalue weighted by molar-refractivity contribution is 5.78. The number of aliphatic hydroxyl groups is 1. The predicted octanol–water partition coefficient (Wildman–Crippen LogP) is 1.25. The molecule has 2 N–H and O–H groups in total. The minimum atomic E-state index is 0.0990. The van der Waals surface area contributed by atoms with Gasteiger partial charge in [0.05, 0.1) is 13.2 Å². The fourth-order valence-corrected chi connectivity index (χ4v) is 3.09. The molecule has 0 aromatic heterocycles. The summed E-state index contributed by atoms with van der Waals surface area (Å²) in [4.78, 5) is 16.5. The van der Waals surface area contributed by atoms with Crippen LogP contribution in [0.15, 0.2) is 24.3 Å². The predicted molar refractivity (Wildman–Crippen MR) is 102 cm³/mol. The van der Waals surface area contributed by atoms with E-state index in [4.69, 9.17) is 5.11 Å². The summed E-state index contributed by atoms with van der Waals surface area (Å²) in [7, 11) is 0. The molecule has 1 saturated heterocycles. The third-order valence-corrected chi connectivity index (χ3v) is 4.80. The quantitative estimate of drug-likeness (QED) is 0.780. The monoisotopic (exact) mass is 347 g/mol. The van der Waals surface area contributed by atoms with Gasteiger partial charge in [-0.05, 0) is 23.0 Å². The summed E-state index contributed by atoms with van der Waals surface area (Å²) in [5.41, 5.74) is 2.76. The van der Waals surface area contributed by atoms with Crippen LogP contribution in [0.4, 0.5) is 0 Å². The lowest BCUT2D eigenvalue weighted by molar-refractivity contribution is -0.122. The van der Waals surface area contributed by atoms with Crippen molar-refractivity contribution >= 4 is 5.91 Å². The second-order valence-corrected chi connectivity index (χ2v) is 7.89. The molecular formula is C20H33N3O2. The summed E-state index contributed by atoms with van der Waals surface area (Å²) < 4.78 is 0. The Bertz CT molecular complexity index is 529. The highest BCUT2D eigenvalue weighted by Crippen LogP contribution is 2.22. The zero-order valence-corrected chi connectivity index (χ0v) is 15.9. The first-order valence-electron chi connectivity index (χ1n) is 9.30. The van der Waals surface area contributed by atoms with E-state index in [1.54, 1.807) is 0 Å². The van der Waals surface area contributed by atoms with Crippen molar-refractivity contribution in [1.82, 2.24) is 15.1 Å². The fraction of sp³-hybridized carbons (Fsp3) is 0.650. The van der Waals surface area contributed by atoms with Crippen LogP contribution in [0.1, 0.15) is 31.9 Å². The molecular weight excluding hydrogens is 314 g/mol. The number of carbonyl (C=O) groups excluding carboxylic acids is 1. The molecule has 0 bridgehead atoms. The standard InChI is InChI=1S/C20H33N3O2/c1-20(2,3)18-6-4-17(5-7-18)8-9-21-19(25)16-23-12-10-22(11-13-23)14-15-24/h4-7,24H,8-16H2,1-3H3,(H,21,25). The van der Waals surface area contributed by atoms with Gasteiger partial charge < -0.3 is 10.4 Å². The van der Waals surface area contributed by atoms with E-state index in [1.807, 2.05) is 0 Å². The molecule has 5 heteroatoms. The lowest BCUT2D eigenvalue weighted by Gasteiger charge is -2.33. The maximum Gasteiger partial charge on any atom is 0.234 e. The maximum atomic E-state index is 12.1. The molecule has 140 valence electrons. The largest absolute Gasteiger partial charge is 0.395 e. The van der Waals surface area contributed by atoms with E-state index < -0.39 is 0 Å². The molecule has 1 heterocycles. The smallest absolute Gasteiger partial charge is 0.234 e. The highest BCUT2D eigenvalue weighted by Gasteiger charge is 2.18. The van der Waals surface area contributed by atoms with Crippen molar-refractivity contribution in [2.45, 2.75) is 32.6 Å². The van der Waals surface area contributed by atoms with Crippen LogP contribution in [0.2, 0.25) is 0 Å². The minimum absolute atomic E-state index is 0.0990. The van der Waals surface area contributed by atoms with Crippen molar-refractivity contribution in [3.05, 3.63) is 35.4 Å². The van der Waals surface area contributed by atoms with Crippen LogP contribution in [0, 0.1) is 0 Å². The van der Waals surface area contributed by atoms with Crippen molar-refractivity contribution in [3.8, 4) is 0 Å². The zero-order valence-electron chi connectivity index (χ0n) is 15.9. The molecule has 0 unspecified atom stereocenters. The van der Waals surface area contributed by atoms with Crippen molar-refractivity contribution in [2.24, 2.45) is 0 Å². The number of benzene rings is 1. The van der Waals surface area contributed by atoms with Gasteiger partial charge in [0.15, 0.2) is 0 Å². The first kappa shape index (κ1) is 19.9. The molecule has 1 aliphatic rings. The Balaban J connectivity index is 1.65. The van der Waals surface area contributed by atoms with E-state index in [0.29, 0.717) is 13.1 Å². The summed E-state index contributed by atoms with van der Waals surface area (Å²) in [6.45, 7) is 12.4. The van der Waals surface area contributed by atoms with Crippen LogP contribution in [-0.4, -0.2) is 73.2 Å². The fourth-order valence-electron chi connectivity index (χ4n) is 3.09. The minimum Gasteiger partial charge on any atom is -0.395 e. The molecule has 2 rings (SSSR count). The van der Waals surface area contributed by atoms with Gasteiger partial charge in [0.25, 0.3) is 0 Å². The van der Waals surface area contributed by atoms with Gasteiger partial charge in [-0.3, -0.25) is 14.6 Å². The molecule has 1 aromatic carbocycles. The topological polar surface area (TPSA) is 55.8 Å². The number of nitrogens with one attached hydrogen (secondary N) is 1. The number of aliphatic hydroxyl groups excluding tert-OH is 1. The second kappa shape index (κ2) is 9.32. The number of amides is 1. The lowest BCUT2D eigenvalue weighted by atomic mass is 9.86. The molecule has 1 fully saturated rings. The van der Waals surface area contributed by atoms with Gasteiger partial charge in [-0.2, -0.15) is 0 Å². The van der Waals surface area contributed by atoms with Gasteiger partial charge in [-0.25, -0.2) is 0 Å². The zero-order chi connectivity index (χ0) is 18.3. The Hall–Kier alpha value is -1.43. The van der Waals surface area contributed by atoms with E-state index in [-0.39, 0.29) is 17.9 Å². The summed E-state index contributed by atoms with van der Waals surface area (Å²) in [5.74, 6) is 0.0990. The van der Waals surface area contributed by atoms with E-state index in [9.17, 15) is 4.79 Å². The molecule has 0 saturated carbocycles. The molecule has 0 aliphatic carbocycles. The highest BCUT2D eigenvalue weighted by atomic mass is 16.3. The van der Waals surface area contributed by atoms with Crippen LogP contribution >= 0.6 is 0 Å². The number of β-amino-alcohol motifs (C(OH)–C–C–N with tert-alkyl or cyclic N) is 1. The summed E-state index contributed by atoms with van der Waals surface area (Å²) in [5, 5.41) is 12.0. The number of carbonyl (C=O) groups is 1. The summed E-state index contributed by atoms with van der Waals surface area (Å²) >= 11 is 0. The van der Waals surface area contributed by atoms with Gasteiger partial charge in [0.1, 0.15) is 0 Å². The van der Waals surface area contributed by atoms with Gasteiger partial charge in [0.2, 0.25) is 5.91 Å². The number of piperazine rings is 1. The van der Waals surface area contributed by atoms with E-state index in [1.165, 1.54) is 11.1 Å². The molecule has 0 spiro atoms. The van der Waals surface area contributed by atoms with Gasteiger partial charge in [-0.15, -0.1) is 0 Å². The van der Waals surface area contributed by atoms with Gasteiger partial charge in [-0.1, -0.05) is 45.0 Å². The number of hydrogen-bond acceptors (Lipinski definition) is 4. The Morgan fingerprint density at radius 2 is 1.68 bits per heavy atom. The lowest BCUT2D eigenvalue weighted by Crippen LogP contribution is -2.50. The van der Waals surface area contributed by atoms with Crippen molar-refractivity contribution in [3.63, 3.8) is 0 Å². The van der Waals surface area contributed by atoms with Crippen LogP contribution in [0.5, 0.6) is 0 Å². The van der Waals surface area contributed by atoms with Gasteiger partial charge >= 0.3 is 0 Å². The Morgan fingerprint density at radius 3 is 2.24 bits per heavy atom. The average molecular weight is 348 g/mol. The Morgan fingerprint density at radius 1 is 1.08 bits per heavy atom. The Labute approximate surface area is 152 Å². The Kier molecular flexibility index (Phi) is 7.41. The van der Waals surface area contributed by atoms with E-state index in [2.05, 4.69) is 60.2 Å². The third kappa shape index (κ3) is 6.77. The van der Waals surface area contributed by atoms with Crippen LogP contribution < -0.4 is 5.32 Å². The molecule has 1 aromatic rings. The van der Waals surface area contributed by atoms with Crippen LogP contribution in [0.25, 0.3) is 0 Å². The first-order valence-corrected chi connectivity index (χ1v) is 9.30. The third-order valence-electron chi connectivity index (χ3n) is 4.80. The molecule has 0 atom stereocenters. The van der Waals surface area contributed by atoms with Crippen molar-refractivity contribution in [1.29, 1.82) is 0 Å². The van der Waals surface area contributed by atoms with Crippen LogP contribution in [0.3, 0.4) is 0 Å². The normalized spacial score (nSPS) is 16.8. The molecule has 0 radical (unpaired) electrons. The maximum absolute atomic E-state index is 12.1. The van der Waals surface area contributed by atoms with Crippen molar-refractivity contribution < 1.29 is 9.90 Å². The molecule has 25 heavy (non-hydrogen) atoms. The first-order chi connectivity index (χ1) is 11.9. The molecule has 1 amide bonds. The number of hydrogen-bond donors (Lipinski definition) is 2. The van der Waals surface area contributed by atoms with Crippen LogP contribution in [-0.2, 0) is 16.6 Å².